The molecule has 30 heavy (non-hydrogen) atoms. The maximum absolute atomic E-state index is 12.7. The first-order chi connectivity index (χ1) is 14.4. The van der Waals surface area contributed by atoms with Crippen molar-refractivity contribution in [3.05, 3.63) is 69.8 Å². The molecule has 0 bridgehead atoms. The van der Waals surface area contributed by atoms with Crippen molar-refractivity contribution in [1.82, 2.24) is 29.5 Å². The Morgan fingerprint density at radius 2 is 1.93 bits per heavy atom. The van der Waals surface area contributed by atoms with Crippen molar-refractivity contribution in [2.75, 3.05) is 5.32 Å². The summed E-state index contributed by atoms with van der Waals surface area (Å²) in [6.45, 7) is 7.59. The predicted octanol–water partition coefficient (Wildman–Crippen LogP) is 2.73. The lowest BCUT2D eigenvalue weighted by Crippen LogP contribution is -2.18. The fourth-order valence-corrected chi connectivity index (χ4v) is 3.12. The second kappa shape index (κ2) is 7.43. The number of nitrogens with one attached hydrogen (secondary N) is 2. The van der Waals surface area contributed by atoms with Gasteiger partial charge >= 0.3 is 0 Å². The highest BCUT2D eigenvalue weighted by Gasteiger charge is 2.16. The normalized spacial score (nSPS) is 11.5. The maximum Gasteiger partial charge on any atom is 0.263 e. The molecular weight excluding hydrogens is 382 g/mol. The second-order valence-electron chi connectivity index (χ2n) is 7.02. The number of anilines is 1. The Hall–Kier alpha value is -4.01. The summed E-state index contributed by atoms with van der Waals surface area (Å²) in [6, 6.07) is 7.62. The number of carbonyl (C=O) groups is 1. The van der Waals surface area contributed by atoms with Gasteiger partial charge in [0, 0.05) is 6.07 Å². The average Bonchev–Trinajstić information content (AvgIpc) is 3.28. The minimum atomic E-state index is -0.344. The summed E-state index contributed by atoms with van der Waals surface area (Å²) in [4.78, 5) is 32.0. The zero-order valence-corrected chi connectivity index (χ0v) is 17.1. The molecule has 4 rings (SSSR count). The van der Waals surface area contributed by atoms with Gasteiger partial charge in [-0.2, -0.15) is 19.9 Å². The highest BCUT2D eigenvalue weighted by molar-refractivity contribution is 5.98. The molecule has 3 aromatic heterocycles. The molecule has 1 aromatic carbocycles. The van der Waals surface area contributed by atoms with Gasteiger partial charge in [0.05, 0.1) is 17.6 Å². The molecule has 0 spiro atoms. The van der Waals surface area contributed by atoms with E-state index in [-0.39, 0.29) is 17.4 Å². The van der Waals surface area contributed by atoms with Crippen molar-refractivity contribution >= 4 is 22.8 Å². The summed E-state index contributed by atoms with van der Waals surface area (Å²) in [5.74, 6) is 0.277. The lowest BCUT2D eigenvalue weighted by Gasteiger charge is -2.09. The van der Waals surface area contributed by atoms with Gasteiger partial charge in [0.25, 0.3) is 5.56 Å². The van der Waals surface area contributed by atoms with E-state index in [0.717, 1.165) is 16.8 Å². The topological polar surface area (TPSA) is 110 Å². The molecule has 0 aliphatic heterocycles. The maximum atomic E-state index is 12.7. The molecule has 4 aromatic rings. The van der Waals surface area contributed by atoms with Crippen LogP contribution in [0.2, 0.25) is 0 Å². The zero-order valence-electron chi connectivity index (χ0n) is 17.1. The summed E-state index contributed by atoms with van der Waals surface area (Å²) in [5, 5.41) is 11.8. The fraction of sp³-hybridized carbons (Fsp3) is 0.190. The first-order valence-corrected chi connectivity index (χ1v) is 9.44. The standard InChI is InChI=1S/C21H21N7O2/c1-5-6-18(29)23-17-10-14(4)26-28(17)21-24-19-16(20(30)25-21)11-22-27(19)15-8-7-12(2)13(3)9-15/h5-11H,1-4H3,(H,23,29)(H,24,25,30)/b6-5-. The summed E-state index contributed by atoms with van der Waals surface area (Å²) in [7, 11) is 0. The number of hydrogen-bond donors (Lipinski definition) is 2. The van der Waals surface area contributed by atoms with Gasteiger partial charge in [0.2, 0.25) is 11.9 Å². The van der Waals surface area contributed by atoms with Crippen LogP contribution in [-0.4, -0.2) is 35.4 Å². The molecule has 9 nitrogen and oxygen atoms in total. The highest BCUT2D eigenvalue weighted by atomic mass is 16.1. The third-order valence-corrected chi connectivity index (χ3v) is 4.76. The molecule has 0 fully saturated rings. The number of hydrogen-bond acceptors (Lipinski definition) is 5. The van der Waals surface area contributed by atoms with E-state index in [1.165, 1.54) is 17.0 Å². The molecule has 0 radical (unpaired) electrons. The monoisotopic (exact) mass is 403 g/mol. The van der Waals surface area contributed by atoms with Crippen molar-refractivity contribution in [3.63, 3.8) is 0 Å². The molecule has 0 atom stereocenters. The molecule has 0 aliphatic rings. The second-order valence-corrected chi connectivity index (χ2v) is 7.02. The van der Waals surface area contributed by atoms with E-state index >= 15 is 0 Å². The molecule has 0 unspecified atom stereocenters. The molecule has 0 saturated carbocycles. The predicted molar refractivity (Wildman–Crippen MR) is 114 cm³/mol. The Bertz CT molecular complexity index is 1360. The summed E-state index contributed by atoms with van der Waals surface area (Å²) < 4.78 is 3.02. The molecule has 2 N–H and O–H groups in total. The van der Waals surface area contributed by atoms with Gasteiger partial charge in [0.1, 0.15) is 11.2 Å². The Morgan fingerprint density at radius 1 is 1.13 bits per heavy atom. The quantitative estimate of drug-likeness (QED) is 0.509. The van der Waals surface area contributed by atoms with Crippen molar-refractivity contribution in [1.29, 1.82) is 0 Å². The number of H-pyrrole nitrogens is 1. The summed E-state index contributed by atoms with van der Waals surface area (Å²) >= 11 is 0. The molecule has 3 heterocycles. The van der Waals surface area contributed by atoms with E-state index in [2.05, 4.69) is 25.5 Å². The molecular formula is C21H21N7O2. The molecule has 0 saturated heterocycles. The van der Waals surface area contributed by atoms with E-state index in [9.17, 15) is 9.59 Å². The number of fused-ring (bicyclic) bond motifs is 1. The molecule has 1 amide bonds. The van der Waals surface area contributed by atoms with Crippen molar-refractivity contribution in [2.45, 2.75) is 27.7 Å². The van der Waals surface area contributed by atoms with Gasteiger partial charge in [-0.25, -0.2) is 4.68 Å². The van der Waals surface area contributed by atoms with Crippen LogP contribution in [0.5, 0.6) is 0 Å². The van der Waals surface area contributed by atoms with Crippen molar-refractivity contribution in [2.24, 2.45) is 0 Å². The van der Waals surface area contributed by atoms with Crippen LogP contribution in [0.15, 0.2) is 47.4 Å². The van der Waals surface area contributed by atoms with Gasteiger partial charge in [-0.15, -0.1) is 0 Å². The number of rotatable bonds is 4. The van der Waals surface area contributed by atoms with E-state index in [1.807, 2.05) is 32.0 Å². The van der Waals surface area contributed by atoms with Gasteiger partial charge in [-0.1, -0.05) is 12.1 Å². The highest BCUT2D eigenvalue weighted by Crippen LogP contribution is 2.19. The van der Waals surface area contributed by atoms with Crippen LogP contribution in [0.3, 0.4) is 0 Å². The van der Waals surface area contributed by atoms with E-state index in [1.54, 1.807) is 30.7 Å². The van der Waals surface area contributed by atoms with Gasteiger partial charge in [-0.3, -0.25) is 14.6 Å². The number of allylic oxidation sites excluding steroid dienone is 1. The van der Waals surface area contributed by atoms with Crippen LogP contribution < -0.4 is 10.9 Å². The smallest absolute Gasteiger partial charge is 0.263 e. The number of aryl methyl sites for hydroxylation is 3. The Balaban J connectivity index is 1.87. The molecule has 152 valence electrons. The van der Waals surface area contributed by atoms with Crippen molar-refractivity contribution in [3.8, 4) is 11.6 Å². The Kier molecular flexibility index (Phi) is 4.78. The number of aromatic nitrogens is 6. The largest absolute Gasteiger partial charge is 0.307 e. The van der Waals surface area contributed by atoms with Crippen LogP contribution in [0.25, 0.3) is 22.7 Å². The lowest BCUT2D eigenvalue weighted by atomic mass is 10.1. The molecule has 0 aliphatic carbocycles. The van der Waals surface area contributed by atoms with Gasteiger partial charge < -0.3 is 5.32 Å². The Labute approximate surface area is 172 Å². The third-order valence-electron chi connectivity index (χ3n) is 4.76. The van der Waals surface area contributed by atoms with Crippen LogP contribution in [0.4, 0.5) is 5.82 Å². The van der Waals surface area contributed by atoms with Crippen LogP contribution in [-0.2, 0) is 4.79 Å². The molecule has 9 heteroatoms. The Morgan fingerprint density at radius 3 is 2.67 bits per heavy atom. The minimum absolute atomic E-state index is 0.182. The first kappa shape index (κ1) is 19.3. The van der Waals surface area contributed by atoms with Crippen LogP contribution in [0, 0.1) is 20.8 Å². The van der Waals surface area contributed by atoms with E-state index in [4.69, 9.17) is 0 Å². The number of carbonyl (C=O) groups excluding carboxylic acids is 1. The van der Waals surface area contributed by atoms with E-state index < -0.39 is 0 Å². The fourth-order valence-electron chi connectivity index (χ4n) is 3.12. The average molecular weight is 403 g/mol. The van der Waals surface area contributed by atoms with Crippen LogP contribution in [0.1, 0.15) is 23.7 Å². The lowest BCUT2D eigenvalue weighted by molar-refractivity contribution is -0.111. The number of aromatic amines is 1. The van der Waals surface area contributed by atoms with Gasteiger partial charge in [-0.05, 0) is 57.0 Å². The van der Waals surface area contributed by atoms with Crippen LogP contribution >= 0.6 is 0 Å². The SMILES string of the molecule is C/C=C\C(=O)Nc1cc(C)nn1-c1nc2c(cnn2-c2ccc(C)c(C)c2)c(=O)[nH]1. The summed E-state index contributed by atoms with van der Waals surface area (Å²) in [5.41, 5.74) is 3.79. The first-order valence-electron chi connectivity index (χ1n) is 9.44. The zero-order chi connectivity index (χ0) is 21.4. The van der Waals surface area contributed by atoms with Gasteiger partial charge in [0.15, 0.2) is 5.65 Å². The van der Waals surface area contributed by atoms with E-state index in [0.29, 0.717) is 22.5 Å². The number of amides is 1. The number of nitrogens with zero attached hydrogens (tertiary/aromatic N) is 5. The third kappa shape index (κ3) is 3.41. The summed E-state index contributed by atoms with van der Waals surface area (Å²) in [6.07, 6.45) is 4.53. The van der Waals surface area contributed by atoms with Crippen molar-refractivity contribution < 1.29 is 4.79 Å². The minimum Gasteiger partial charge on any atom is -0.307 e. The number of benzene rings is 1.